The van der Waals surface area contributed by atoms with Crippen LogP contribution in [-0.4, -0.2) is 46.7 Å². The highest BCUT2D eigenvalue weighted by Gasteiger charge is 2.40. The van der Waals surface area contributed by atoms with Gasteiger partial charge in [0.15, 0.2) is 6.61 Å². The molecule has 0 atom stereocenters. The number of carbonyl (C=O) groups excluding carboxylic acids is 4. The number of benzene rings is 3. The number of hydrogen-bond acceptors (Lipinski definition) is 7. The summed E-state index contributed by atoms with van der Waals surface area (Å²) in [5, 5.41) is 14.1. The zero-order valence-corrected chi connectivity index (χ0v) is 19.0. The molecule has 0 unspecified atom stereocenters. The molecule has 182 valence electrons. The van der Waals surface area contributed by atoms with Crippen molar-refractivity contribution in [2.75, 3.05) is 13.2 Å². The van der Waals surface area contributed by atoms with Gasteiger partial charge >= 0.3 is 5.97 Å². The minimum absolute atomic E-state index is 0.0881. The lowest BCUT2D eigenvalue weighted by Crippen LogP contribution is -2.34. The molecular formula is C26H21N3O7. The summed E-state index contributed by atoms with van der Waals surface area (Å²) in [6.07, 6.45) is -0.368. The Hall–Kier alpha value is -4.86. The predicted molar refractivity (Wildman–Crippen MR) is 127 cm³/mol. The second kappa shape index (κ2) is 10.6. The molecule has 3 amide bonds. The van der Waals surface area contributed by atoms with Gasteiger partial charge < -0.3 is 10.1 Å². The minimum Gasteiger partial charge on any atom is -0.456 e. The van der Waals surface area contributed by atoms with E-state index in [0.29, 0.717) is 0 Å². The van der Waals surface area contributed by atoms with Crippen LogP contribution in [0.4, 0.5) is 5.69 Å². The molecule has 4 rings (SSSR count). The van der Waals surface area contributed by atoms with Gasteiger partial charge in [-0.05, 0) is 17.2 Å². The van der Waals surface area contributed by atoms with Crippen LogP contribution in [0.25, 0.3) is 0 Å². The maximum absolute atomic E-state index is 12.6. The molecular weight excluding hydrogens is 466 g/mol. The summed E-state index contributed by atoms with van der Waals surface area (Å²) in [5.41, 5.74) is 0.841. The highest BCUT2D eigenvalue weighted by atomic mass is 16.6. The fraction of sp³-hybridized carbons (Fsp3) is 0.154. The predicted octanol–water partition coefficient (Wildman–Crippen LogP) is 3.03. The Morgan fingerprint density at radius 3 is 2.08 bits per heavy atom. The van der Waals surface area contributed by atoms with Crippen molar-refractivity contribution >= 4 is 29.4 Å². The summed E-state index contributed by atoms with van der Waals surface area (Å²) in [6.45, 7) is -0.886. The van der Waals surface area contributed by atoms with Gasteiger partial charge in [-0.1, -0.05) is 66.7 Å². The van der Waals surface area contributed by atoms with Gasteiger partial charge in [-0.25, -0.2) is 0 Å². The number of esters is 1. The molecule has 1 aliphatic heterocycles. The van der Waals surface area contributed by atoms with E-state index in [-0.39, 0.29) is 24.1 Å². The van der Waals surface area contributed by atoms with Gasteiger partial charge in [0.2, 0.25) is 0 Å². The average molecular weight is 487 g/mol. The number of nitro benzene ring substituents is 1. The maximum atomic E-state index is 12.6. The Labute approximate surface area is 205 Å². The molecule has 10 nitrogen and oxygen atoms in total. The molecule has 0 aromatic heterocycles. The van der Waals surface area contributed by atoms with E-state index in [4.69, 9.17) is 4.74 Å². The van der Waals surface area contributed by atoms with Crippen molar-refractivity contribution in [2.45, 2.75) is 12.5 Å². The van der Waals surface area contributed by atoms with Crippen LogP contribution in [-0.2, 0) is 14.3 Å². The Bertz CT molecular complexity index is 1290. The quantitative estimate of drug-likeness (QED) is 0.212. The third-order valence-electron chi connectivity index (χ3n) is 5.65. The van der Waals surface area contributed by atoms with Crippen molar-refractivity contribution in [3.8, 4) is 0 Å². The van der Waals surface area contributed by atoms with Gasteiger partial charge in [-0.2, -0.15) is 0 Å². The van der Waals surface area contributed by atoms with E-state index in [0.717, 1.165) is 22.1 Å². The zero-order valence-electron chi connectivity index (χ0n) is 19.0. The normalized spacial score (nSPS) is 12.4. The fourth-order valence-electron chi connectivity index (χ4n) is 3.94. The van der Waals surface area contributed by atoms with Crippen molar-refractivity contribution in [3.05, 3.63) is 111 Å². The Morgan fingerprint density at radius 2 is 1.50 bits per heavy atom. The van der Waals surface area contributed by atoms with Gasteiger partial charge in [0.25, 0.3) is 23.4 Å². The first kappa shape index (κ1) is 24.3. The number of nitro groups is 1. The molecule has 10 heteroatoms. The van der Waals surface area contributed by atoms with Crippen LogP contribution in [0, 0.1) is 10.1 Å². The van der Waals surface area contributed by atoms with Crippen molar-refractivity contribution in [2.24, 2.45) is 0 Å². The first-order chi connectivity index (χ1) is 17.4. The van der Waals surface area contributed by atoms with Crippen molar-refractivity contribution in [1.29, 1.82) is 0 Å². The lowest BCUT2D eigenvalue weighted by atomic mass is 9.99. The minimum atomic E-state index is -0.846. The number of fused-ring (bicyclic) bond motifs is 1. The molecule has 1 heterocycles. The van der Waals surface area contributed by atoms with E-state index in [9.17, 15) is 29.3 Å². The van der Waals surface area contributed by atoms with Crippen LogP contribution in [0.5, 0.6) is 0 Å². The molecule has 0 radical (unpaired) electrons. The van der Waals surface area contributed by atoms with E-state index in [1.54, 1.807) is 0 Å². The molecule has 3 aromatic carbocycles. The second-order valence-electron chi connectivity index (χ2n) is 7.95. The van der Waals surface area contributed by atoms with E-state index >= 15 is 0 Å². The van der Waals surface area contributed by atoms with Crippen molar-refractivity contribution < 1.29 is 28.8 Å². The first-order valence-corrected chi connectivity index (χ1v) is 11.1. The summed E-state index contributed by atoms with van der Waals surface area (Å²) in [7, 11) is 0. The molecule has 3 aromatic rings. The van der Waals surface area contributed by atoms with E-state index < -0.39 is 47.0 Å². The molecule has 0 saturated carbocycles. The maximum Gasteiger partial charge on any atom is 0.308 e. The summed E-state index contributed by atoms with van der Waals surface area (Å²) in [6, 6.07) is 21.9. The first-order valence-electron chi connectivity index (χ1n) is 11.1. The Balaban J connectivity index is 1.33. The summed E-state index contributed by atoms with van der Waals surface area (Å²) in [5.74, 6) is -2.90. The molecule has 0 aliphatic carbocycles. The molecule has 0 bridgehead atoms. The molecule has 1 aliphatic rings. The third kappa shape index (κ3) is 5.12. The van der Waals surface area contributed by atoms with Crippen LogP contribution < -0.4 is 5.32 Å². The zero-order chi connectivity index (χ0) is 25.7. The van der Waals surface area contributed by atoms with Crippen LogP contribution >= 0.6 is 0 Å². The highest BCUT2D eigenvalue weighted by Crippen LogP contribution is 2.30. The highest BCUT2D eigenvalue weighted by molar-refractivity contribution is 6.23. The van der Waals surface area contributed by atoms with E-state index in [2.05, 4.69) is 5.32 Å². The molecule has 0 fully saturated rings. The van der Waals surface area contributed by atoms with Crippen LogP contribution in [0.2, 0.25) is 0 Å². The van der Waals surface area contributed by atoms with Gasteiger partial charge in [-0.3, -0.25) is 34.2 Å². The van der Waals surface area contributed by atoms with Crippen molar-refractivity contribution in [1.82, 2.24) is 10.2 Å². The molecule has 0 saturated heterocycles. The summed E-state index contributed by atoms with van der Waals surface area (Å²) in [4.78, 5) is 61.1. The van der Waals surface area contributed by atoms with E-state index in [1.165, 1.54) is 12.1 Å². The average Bonchev–Trinajstić information content (AvgIpc) is 3.14. The largest absolute Gasteiger partial charge is 0.456 e. The van der Waals surface area contributed by atoms with Gasteiger partial charge in [0, 0.05) is 12.6 Å². The number of nitrogens with one attached hydrogen (secondary N) is 1. The van der Waals surface area contributed by atoms with Crippen LogP contribution in [0.3, 0.4) is 0 Å². The number of nitrogens with zero attached hydrogens (tertiary/aromatic N) is 2. The molecule has 1 N–H and O–H groups in total. The lowest BCUT2D eigenvalue weighted by Gasteiger charge is -2.20. The number of imide groups is 1. The number of rotatable bonds is 9. The van der Waals surface area contributed by atoms with Crippen molar-refractivity contribution in [3.63, 3.8) is 0 Å². The van der Waals surface area contributed by atoms with E-state index in [1.807, 2.05) is 60.7 Å². The molecule has 36 heavy (non-hydrogen) atoms. The number of carbonyl (C=O) groups is 4. The topological polar surface area (TPSA) is 136 Å². The third-order valence-corrected chi connectivity index (χ3v) is 5.65. The summed E-state index contributed by atoms with van der Waals surface area (Å²) < 4.78 is 5.04. The number of hydrogen-bond donors (Lipinski definition) is 1. The summed E-state index contributed by atoms with van der Waals surface area (Å²) >= 11 is 0. The Kier molecular flexibility index (Phi) is 7.15. The number of ether oxygens (including phenoxy) is 1. The van der Waals surface area contributed by atoms with Gasteiger partial charge in [0.05, 0.1) is 22.9 Å². The van der Waals surface area contributed by atoms with Crippen LogP contribution in [0.15, 0.2) is 78.9 Å². The fourth-order valence-corrected chi connectivity index (χ4v) is 3.94. The standard InChI is InChI=1S/C26H21N3O7/c30-21(27-24(17-8-3-1-4-9-17)18-10-5-2-6-11-18)16-36-22(31)14-15-28-25(32)19-12-7-13-20(29(34)35)23(19)26(28)33/h1-13,24H,14-16H2,(H,27,30). The Morgan fingerprint density at radius 1 is 0.889 bits per heavy atom. The molecule has 0 spiro atoms. The lowest BCUT2D eigenvalue weighted by molar-refractivity contribution is -0.385. The smallest absolute Gasteiger partial charge is 0.308 e. The number of amides is 3. The van der Waals surface area contributed by atoms with Gasteiger partial charge in [-0.15, -0.1) is 0 Å². The monoisotopic (exact) mass is 487 g/mol. The SMILES string of the molecule is O=C(COC(=O)CCN1C(=O)c2cccc([N+](=O)[O-])c2C1=O)NC(c1ccccc1)c1ccccc1. The van der Waals surface area contributed by atoms with Gasteiger partial charge in [0.1, 0.15) is 5.56 Å². The second-order valence-corrected chi connectivity index (χ2v) is 7.95. The van der Waals surface area contributed by atoms with Crippen LogP contribution in [0.1, 0.15) is 44.3 Å².